The van der Waals surface area contributed by atoms with Gasteiger partial charge in [0.25, 0.3) is 0 Å². The number of nitrogens with one attached hydrogen (secondary N) is 1. The highest BCUT2D eigenvalue weighted by atomic mass is 79.9. The van der Waals surface area contributed by atoms with E-state index in [9.17, 15) is 0 Å². The van der Waals surface area contributed by atoms with Gasteiger partial charge in [-0.1, -0.05) is 6.92 Å². The van der Waals surface area contributed by atoms with E-state index in [1.807, 2.05) is 0 Å². The van der Waals surface area contributed by atoms with Crippen molar-refractivity contribution in [1.29, 1.82) is 0 Å². The molecule has 1 aliphatic heterocycles. The van der Waals surface area contributed by atoms with Crippen molar-refractivity contribution >= 4 is 27.6 Å². The van der Waals surface area contributed by atoms with E-state index in [0.29, 0.717) is 11.9 Å². The van der Waals surface area contributed by atoms with E-state index in [4.69, 9.17) is 5.84 Å². The maximum atomic E-state index is 5.44. The van der Waals surface area contributed by atoms with Crippen molar-refractivity contribution in [2.75, 3.05) is 37.0 Å². The first-order chi connectivity index (χ1) is 9.17. The van der Waals surface area contributed by atoms with Gasteiger partial charge in [-0.2, -0.15) is 0 Å². The van der Waals surface area contributed by atoms with Gasteiger partial charge in [0.2, 0.25) is 0 Å². The number of rotatable bonds is 4. The maximum absolute atomic E-state index is 5.44. The molecule has 1 aromatic heterocycles. The number of halogens is 1. The molecule has 3 N–H and O–H groups in total. The van der Waals surface area contributed by atoms with Gasteiger partial charge in [0.1, 0.15) is 16.6 Å². The summed E-state index contributed by atoms with van der Waals surface area (Å²) >= 11 is 3.51. The Labute approximate surface area is 122 Å². The van der Waals surface area contributed by atoms with Crippen molar-refractivity contribution in [3.63, 3.8) is 0 Å². The molecular weight excluding hydrogens is 308 g/mol. The third-order valence-electron chi connectivity index (χ3n) is 3.79. The zero-order chi connectivity index (χ0) is 13.8. The molecule has 1 saturated heterocycles. The van der Waals surface area contributed by atoms with Gasteiger partial charge in [0.05, 0.1) is 0 Å². The second-order valence-electron chi connectivity index (χ2n) is 4.78. The fraction of sp³-hybridized carbons (Fsp3) is 0.667. The Hall–Kier alpha value is -0.920. The summed E-state index contributed by atoms with van der Waals surface area (Å²) in [7, 11) is 2.08. The van der Waals surface area contributed by atoms with Crippen LogP contribution >= 0.6 is 15.9 Å². The Kier molecular flexibility index (Phi) is 4.95. The van der Waals surface area contributed by atoms with Crippen LogP contribution in [0.1, 0.15) is 19.8 Å². The van der Waals surface area contributed by atoms with E-state index in [0.717, 1.165) is 42.8 Å². The normalized spacial score (nSPS) is 17.5. The van der Waals surface area contributed by atoms with Crippen LogP contribution in [0.3, 0.4) is 0 Å². The predicted octanol–water partition coefficient (Wildman–Crippen LogP) is 1.45. The van der Waals surface area contributed by atoms with E-state index in [1.165, 1.54) is 6.33 Å². The smallest absolute Gasteiger partial charge is 0.159 e. The van der Waals surface area contributed by atoms with Crippen LogP contribution in [0.15, 0.2) is 10.8 Å². The summed E-state index contributed by atoms with van der Waals surface area (Å²) in [5, 5.41) is 0. The Morgan fingerprint density at radius 3 is 2.74 bits per heavy atom. The number of hydrogen-bond donors (Lipinski definition) is 2. The predicted molar refractivity (Wildman–Crippen MR) is 81.1 cm³/mol. The molecule has 2 rings (SSSR count). The van der Waals surface area contributed by atoms with Crippen LogP contribution in [-0.2, 0) is 0 Å². The Bertz CT molecular complexity index is 419. The van der Waals surface area contributed by atoms with E-state index >= 15 is 0 Å². The lowest BCUT2D eigenvalue weighted by Crippen LogP contribution is -2.43. The average molecular weight is 329 g/mol. The van der Waals surface area contributed by atoms with Gasteiger partial charge in [-0.05, 0) is 35.3 Å². The van der Waals surface area contributed by atoms with Gasteiger partial charge in [0.15, 0.2) is 5.82 Å². The minimum atomic E-state index is 0.514. The fourth-order valence-corrected chi connectivity index (χ4v) is 3.10. The van der Waals surface area contributed by atoms with Gasteiger partial charge in [-0.3, -0.25) is 0 Å². The number of hydrazine groups is 1. The molecule has 0 spiro atoms. The average Bonchev–Trinajstić information content (AvgIpc) is 2.47. The number of nitrogen functional groups attached to an aromatic ring is 1. The summed E-state index contributed by atoms with van der Waals surface area (Å²) in [6.45, 7) is 5.64. The van der Waals surface area contributed by atoms with E-state index < -0.39 is 0 Å². The molecule has 7 heteroatoms. The molecule has 0 atom stereocenters. The third kappa shape index (κ3) is 3.16. The standard InChI is InChI=1S/C12H21BrN6/c1-3-19-6-4-9(5-7-19)18(2)12-10(13)11(17-14)15-8-16-12/h8-9H,3-7,14H2,1-2H3,(H,15,16,17). The van der Waals surface area contributed by atoms with Crippen LogP contribution in [0, 0.1) is 0 Å². The first kappa shape index (κ1) is 14.5. The summed E-state index contributed by atoms with van der Waals surface area (Å²) in [6, 6.07) is 0.514. The number of piperidine rings is 1. The monoisotopic (exact) mass is 328 g/mol. The van der Waals surface area contributed by atoms with E-state index in [1.54, 1.807) is 0 Å². The topological polar surface area (TPSA) is 70.3 Å². The molecule has 0 saturated carbocycles. The number of likely N-dealkylation sites (tertiary alicyclic amines) is 1. The zero-order valence-corrected chi connectivity index (χ0v) is 13.0. The molecule has 0 bridgehead atoms. The maximum Gasteiger partial charge on any atom is 0.159 e. The molecule has 0 unspecified atom stereocenters. The van der Waals surface area contributed by atoms with Crippen molar-refractivity contribution in [1.82, 2.24) is 14.9 Å². The molecule has 106 valence electrons. The Balaban J connectivity index is 2.10. The van der Waals surface area contributed by atoms with Gasteiger partial charge in [-0.15, -0.1) is 0 Å². The molecular formula is C12H21BrN6. The molecule has 0 radical (unpaired) electrons. The van der Waals surface area contributed by atoms with Crippen LogP contribution in [0.5, 0.6) is 0 Å². The first-order valence-corrected chi connectivity index (χ1v) is 7.39. The van der Waals surface area contributed by atoms with Gasteiger partial charge in [-0.25, -0.2) is 15.8 Å². The van der Waals surface area contributed by atoms with Crippen molar-refractivity contribution in [2.24, 2.45) is 5.84 Å². The zero-order valence-electron chi connectivity index (χ0n) is 11.4. The van der Waals surface area contributed by atoms with Gasteiger partial charge in [0, 0.05) is 26.2 Å². The van der Waals surface area contributed by atoms with E-state index in [2.05, 4.69) is 55.1 Å². The van der Waals surface area contributed by atoms with E-state index in [-0.39, 0.29) is 0 Å². The summed E-state index contributed by atoms with van der Waals surface area (Å²) in [4.78, 5) is 13.1. The SMILES string of the molecule is CCN1CCC(N(C)c2ncnc(NN)c2Br)CC1. The van der Waals surface area contributed by atoms with Crippen molar-refractivity contribution < 1.29 is 0 Å². The number of nitrogens with zero attached hydrogens (tertiary/aromatic N) is 4. The van der Waals surface area contributed by atoms with Crippen LogP contribution in [0.2, 0.25) is 0 Å². The highest BCUT2D eigenvalue weighted by Crippen LogP contribution is 2.31. The van der Waals surface area contributed by atoms with Crippen LogP contribution < -0.4 is 16.2 Å². The summed E-state index contributed by atoms with van der Waals surface area (Å²) in [5.41, 5.74) is 2.58. The van der Waals surface area contributed by atoms with Crippen molar-refractivity contribution in [3.05, 3.63) is 10.8 Å². The molecule has 0 aromatic carbocycles. The fourth-order valence-electron chi connectivity index (χ4n) is 2.50. The molecule has 0 amide bonds. The largest absolute Gasteiger partial charge is 0.355 e. The van der Waals surface area contributed by atoms with Crippen molar-refractivity contribution in [3.8, 4) is 0 Å². The third-order valence-corrected chi connectivity index (χ3v) is 4.52. The summed E-state index contributed by atoms with van der Waals surface area (Å²) in [6.07, 6.45) is 3.85. The highest BCUT2D eigenvalue weighted by Gasteiger charge is 2.24. The molecule has 1 aromatic rings. The molecule has 6 nitrogen and oxygen atoms in total. The summed E-state index contributed by atoms with van der Waals surface area (Å²) in [5.74, 6) is 6.94. The lowest BCUT2D eigenvalue weighted by atomic mass is 10.0. The molecule has 2 heterocycles. The lowest BCUT2D eigenvalue weighted by molar-refractivity contribution is 0.220. The Morgan fingerprint density at radius 2 is 2.16 bits per heavy atom. The summed E-state index contributed by atoms with van der Waals surface area (Å²) < 4.78 is 0.818. The number of aromatic nitrogens is 2. The van der Waals surface area contributed by atoms with Crippen LogP contribution in [-0.4, -0.2) is 47.6 Å². The second-order valence-corrected chi connectivity index (χ2v) is 5.57. The molecule has 1 fully saturated rings. The Morgan fingerprint density at radius 1 is 1.47 bits per heavy atom. The van der Waals surface area contributed by atoms with Gasteiger partial charge >= 0.3 is 0 Å². The number of anilines is 2. The minimum absolute atomic E-state index is 0.514. The molecule has 1 aliphatic rings. The van der Waals surface area contributed by atoms with Crippen LogP contribution in [0.4, 0.5) is 11.6 Å². The minimum Gasteiger partial charge on any atom is -0.355 e. The lowest BCUT2D eigenvalue weighted by Gasteiger charge is -2.37. The van der Waals surface area contributed by atoms with Crippen molar-refractivity contribution in [2.45, 2.75) is 25.8 Å². The number of nitrogens with two attached hydrogens (primary N) is 1. The second kappa shape index (κ2) is 6.49. The number of hydrogen-bond acceptors (Lipinski definition) is 6. The quantitative estimate of drug-likeness (QED) is 0.644. The molecule has 19 heavy (non-hydrogen) atoms. The van der Waals surface area contributed by atoms with Crippen LogP contribution in [0.25, 0.3) is 0 Å². The molecule has 0 aliphatic carbocycles. The first-order valence-electron chi connectivity index (χ1n) is 6.59. The van der Waals surface area contributed by atoms with Gasteiger partial charge < -0.3 is 15.2 Å². The highest BCUT2D eigenvalue weighted by molar-refractivity contribution is 9.10.